The Morgan fingerprint density at radius 3 is 2.35 bits per heavy atom. The maximum absolute atomic E-state index is 12.6. The second-order valence-electron chi connectivity index (χ2n) is 6.14. The van der Waals surface area contributed by atoms with E-state index in [1.807, 2.05) is 36.4 Å². The van der Waals surface area contributed by atoms with Crippen molar-refractivity contribution in [1.29, 1.82) is 0 Å². The van der Waals surface area contributed by atoms with E-state index in [9.17, 15) is 14.4 Å². The summed E-state index contributed by atoms with van der Waals surface area (Å²) < 4.78 is 5.20. The molecule has 1 fully saturated rings. The quantitative estimate of drug-likeness (QED) is 0.501. The molecule has 1 aliphatic carbocycles. The van der Waals surface area contributed by atoms with Gasteiger partial charge in [0.25, 0.3) is 5.97 Å². The van der Waals surface area contributed by atoms with E-state index in [4.69, 9.17) is 14.6 Å². The highest BCUT2D eigenvalue weighted by Gasteiger charge is 2.52. The Morgan fingerprint density at radius 1 is 1.15 bits per heavy atom. The van der Waals surface area contributed by atoms with Crippen molar-refractivity contribution in [2.45, 2.75) is 32.9 Å². The van der Waals surface area contributed by atoms with Crippen molar-refractivity contribution in [1.82, 2.24) is 4.90 Å². The normalized spacial score (nSPS) is 23.8. The van der Waals surface area contributed by atoms with E-state index in [2.05, 4.69) is 0 Å². The highest BCUT2D eigenvalue weighted by atomic mass is 16.5. The first kappa shape index (κ1) is 19.4. The van der Waals surface area contributed by atoms with Crippen LogP contribution in [0.1, 0.15) is 25.8 Å². The van der Waals surface area contributed by atoms with Crippen LogP contribution in [-0.4, -0.2) is 39.9 Å². The number of nitrogens with zero attached hydrogens (tertiary/aromatic N) is 1. The second kappa shape index (κ2) is 8.42. The number of carboxylic acids is 1. The Bertz CT molecular complexity index is 723. The fourth-order valence-electron chi connectivity index (χ4n) is 3.14. The summed E-state index contributed by atoms with van der Waals surface area (Å²) in [5, 5.41) is 7.42. The SMILES string of the molecule is CC(=O)O.CC(=O)O[C@@H]1C=CC[C@@H]2C(=O)N(Cc3ccccc3)C(=O)[C@@H]21. The maximum atomic E-state index is 12.6. The lowest BCUT2D eigenvalue weighted by Crippen LogP contribution is -2.36. The molecular formula is C19H21NO6. The molecule has 1 aromatic rings. The van der Waals surface area contributed by atoms with Crippen LogP contribution in [0.5, 0.6) is 0 Å². The van der Waals surface area contributed by atoms with Crippen LogP contribution in [0.3, 0.4) is 0 Å². The molecule has 2 amide bonds. The van der Waals surface area contributed by atoms with Crippen LogP contribution < -0.4 is 0 Å². The third-order valence-corrected chi connectivity index (χ3v) is 4.12. The number of aliphatic carboxylic acids is 1. The van der Waals surface area contributed by atoms with Crippen LogP contribution in [0, 0.1) is 11.8 Å². The lowest BCUT2D eigenvalue weighted by atomic mass is 9.83. The van der Waals surface area contributed by atoms with Gasteiger partial charge in [0.2, 0.25) is 11.8 Å². The number of carbonyl (C=O) groups excluding carboxylic acids is 3. The van der Waals surface area contributed by atoms with Crippen molar-refractivity contribution in [2.75, 3.05) is 0 Å². The van der Waals surface area contributed by atoms with Crippen LogP contribution in [0.15, 0.2) is 42.5 Å². The molecule has 138 valence electrons. The molecule has 1 N–H and O–H groups in total. The number of hydrogen-bond acceptors (Lipinski definition) is 5. The molecule has 1 aliphatic heterocycles. The minimum atomic E-state index is -0.833. The summed E-state index contributed by atoms with van der Waals surface area (Å²) >= 11 is 0. The Labute approximate surface area is 151 Å². The molecule has 0 aromatic heterocycles. The number of carboxylic acid groups (broad SMARTS) is 1. The zero-order chi connectivity index (χ0) is 19.3. The average molecular weight is 359 g/mol. The number of benzene rings is 1. The summed E-state index contributed by atoms with van der Waals surface area (Å²) in [6.45, 7) is 2.65. The van der Waals surface area contributed by atoms with E-state index in [-0.39, 0.29) is 18.4 Å². The number of ether oxygens (including phenoxy) is 1. The van der Waals surface area contributed by atoms with Gasteiger partial charge in [0.15, 0.2) is 0 Å². The molecule has 0 saturated carbocycles. The molecule has 2 aliphatic rings. The molecule has 1 saturated heterocycles. The summed E-state index contributed by atoms with van der Waals surface area (Å²) in [4.78, 5) is 46.6. The zero-order valence-electron chi connectivity index (χ0n) is 14.6. The Balaban J connectivity index is 0.000000552. The number of hydrogen-bond donors (Lipinski definition) is 1. The smallest absolute Gasteiger partial charge is 0.303 e. The number of fused-ring (bicyclic) bond motifs is 1. The van der Waals surface area contributed by atoms with Crippen LogP contribution >= 0.6 is 0 Å². The molecule has 3 rings (SSSR count). The lowest BCUT2D eigenvalue weighted by Gasteiger charge is -2.25. The summed E-state index contributed by atoms with van der Waals surface area (Å²) in [7, 11) is 0. The molecular weight excluding hydrogens is 338 g/mol. The standard InChI is InChI=1S/C17H17NO4.C2H4O2/c1-11(19)22-14-9-5-8-13-15(14)17(21)18(16(13)20)10-12-6-3-2-4-7-12;1-2(3)4/h2-7,9,13-15H,8,10H2,1H3;1H3,(H,3,4)/t13-,14+,15-;/m0./s1. The first-order chi connectivity index (χ1) is 12.3. The number of imide groups is 1. The summed E-state index contributed by atoms with van der Waals surface area (Å²) in [6.07, 6.45) is 3.39. The zero-order valence-corrected chi connectivity index (χ0v) is 14.6. The first-order valence-electron chi connectivity index (χ1n) is 8.23. The Hall–Kier alpha value is -2.96. The fourth-order valence-corrected chi connectivity index (χ4v) is 3.14. The van der Waals surface area contributed by atoms with E-state index < -0.39 is 29.9 Å². The van der Waals surface area contributed by atoms with Crippen LogP contribution in [0.25, 0.3) is 0 Å². The lowest BCUT2D eigenvalue weighted by molar-refractivity contribution is -0.150. The van der Waals surface area contributed by atoms with E-state index in [1.165, 1.54) is 11.8 Å². The third-order valence-electron chi connectivity index (χ3n) is 4.12. The molecule has 0 unspecified atom stereocenters. The van der Waals surface area contributed by atoms with Crippen molar-refractivity contribution < 1.29 is 29.0 Å². The number of carbonyl (C=O) groups is 4. The molecule has 3 atom stereocenters. The van der Waals surface area contributed by atoms with Gasteiger partial charge >= 0.3 is 5.97 Å². The highest BCUT2D eigenvalue weighted by molar-refractivity contribution is 6.05. The van der Waals surface area contributed by atoms with Crippen LogP contribution in [0.4, 0.5) is 0 Å². The van der Waals surface area contributed by atoms with E-state index in [0.717, 1.165) is 12.5 Å². The molecule has 26 heavy (non-hydrogen) atoms. The van der Waals surface area contributed by atoms with Crippen LogP contribution in [-0.2, 0) is 30.5 Å². The van der Waals surface area contributed by atoms with E-state index in [0.29, 0.717) is 6.42 Å². The van der Waals surface area contributed by atoms with Gasteiger partial charge in [0, 0.05) is 13.8 Å². The largest absolute Gasteiger partial charge is 0.481 e. The van der Waals surface area contributed by atoms with Gasteiger partial charge in [-0.1, -0.05) is 36.4 Å². The highest BCUT2D eigenvalue weighted by Crippen LogP contribution is 2.37. The second-order valence-corrected chi connectivity index (χ2v) is 6.14. The van der Waals surface area contributed by atoms with Crippen molar-refractivity contribution in [3.8, 4) is 0 Å². The van der Waals surface area contributed by atoms with Gasteiger partial charge in [0.05, 0.1) is 18.4 Å². The summed E-state index contributed by atoms with van der Waals surface area (Å²) in [5.41, 5.74) is 0.903. The number of rotatable bonds is 3. The first-order valence-corrected chi connectivity index (χ1v) is 8.23. The van der Waals surface area contributed by atoms with Crippen molar-refractivity contribution in [3.05, 3.63) is 48.0 Å². The predicted molar refractivity (Wildman–Crippen MR) is 91.6 cm³/mol. The van der Waals surface area contributed by atoms with Crippen molar-refractivity contribution in [2.24, 2.45) is 11.8 Å². The Kier molecular flexibility index (Phi) is 6.27. The van der Waals surface area contributed by atoms with E-state index in [1.54, 1.807) is 6.08 Å². The molecule has 0 radical (unpaired) electrons. The number of allylic oxidation sites excluding steroid dienone is 1. The van der Waals surface area contributed by atoms with E-state index >= 15 is 0 Å². The molecule has 7 heteroatoms. The summed E-state index contributed by atoms with van der Waals surface area (Å²) in [5.74, 6) is -2.73. The third kappa shape index (κ3) is 4.56. The number of amides is 2. The van der Waals surface area contributed by atoms with Gasteiger partial charge in [-0.25, -0.2) is 0 Å². The van der Waals surface area contributed by atoms with Gasteiger partial charge in [0.1, 0.15) is 6.10 Å². The molecule has 1 aromatic carbocycles. The average Bonchev–Trinajstić information content (AvgIpc) is 2.81. The maximum Gasteiger partial charge on any atom is 0.303 e. The monoisotopic (exact) mass is 359 g/mol. The van der Waals surface area contributed by atoms with Gasteiger partial charge in [-0.05, 0) is 18.1 Å². The number of esters is 1. The van der Waals surface area contributed by atoms with Gasteiger partial charge < -0.3 is 9.84 Å². The molecule has 0 bridgehead atoms. The minimum absolute atomic E-state index is 0.180. The van der Waals surface area contributed by atoms with Crippen molar-refractivity contribution in [3.63, 3.8) is 0 Å². The summed E-state index contributed by atoms with van der Waals surface area (Å²) in [6, 6.07) is 9.39. The van der Waals surface area contributed by atoms with Gasteiger partial charge in [-0.2, -0.15) is 0 Å². The van der Waals surface area contributed by atoms with Crippen molar-refractivity contribution >= 4 is 23.8 Å². The molecule has 0 spiro atoms. The number of likely N-dealkylation sites (tertiary alicyclic amines) is 1. The molecule has 7 nitrogen and oxygen atoms in total. The predicted octanol–water partition coefficient (Wildman–Crippen LogP) is 1.77. The topological polar surface area (TPSA) is 101 Å². The van der Waals surface area contributed by atoms with Gasteiger partial charge in [-0.15, -0.1) is 0 Å². The Morgan fingerprint density at radius 2 is 1.77 bits per heavy atom. The van der Waals surface area contributed by atoms with Gasteiger partial charge in [-0.3, -0.25) is 24.1 Å². The molecule has 1 heterocycles. The minimum Gasteiger partial charge on any atom is -0.481 e. The van der Waals surface area contributed by atoms with Crippen LogP contribution in [0.2, 0.25) is 0 Å². The fraction of sp³-hybridized carbons (Fsp3) is 0.368.